The fourth-order valence-electron chi connectivity index (χ4n) is 2.13. The van der Waals surface area contributed by atoms with Gasteiger partial charge in [-0.25, -0.2) is 0 Å². The van der Waals surface area contributed by atoms with Gasteiger partial charge in [-0.2, -0.15) is 0 Å². The molecular formula is C16H12O4. The number of para-hydroxylation sites is 1. The van der Waals surface area contributed by atoms with Crippen LogP contribution in [0.5, 0.6) is 11.5 Å². The Bertz CT molecular complexity index is 753. The van der Waals surface area contributed by atoms with Gasteiger partial charge >= 0.3 is 0 Å². The second-order valence-electron chi connectivity index (χ2n) is 4.55. The van der Waals surface area contributed by atoms with Crippen LogP contribution < -0.4 is 0 Å². The van der Waals surface area contributed by atoms with E-state index in [4.69, 9.17) is 4.42 Å². The Morgan fingerprint density at radius 3 is 2.60 bits per heavy atom. The van der Waals surface area contributed by atoms with Gasteiger partial charge in [0.2, 0.25) is 0 Å². The third-order valence-electron chi connectivity index (χ3n) is 3.09. The molecule has 3 rings (SSSR count). The van der Waals surface area contributed by atoms with Gasteiger partial charge in [0, 0.05) is 11.5 Å². The Labute approximate surface area is 114 Å². The third-order valence-corrected chi connectivity index (χ3v) is 3.09. The summed E-state index contributed by atoms with van der Waals surface area (Å²) in [4.78, 5) is 12.1. The number of phenols is 2. The molecule has 0 aliphatic rings. The number of aromatic hydroxyl groups is 2. The molecular weight excluding hydrogens is 256 g/mol. The lowest BCUT2D eigenvalue weighted by Crippen LogP contribution is -2.02. The Kier molecular flexibility index (Phi) is 2.91. The zero-order valence-electron chi connectivity index (χ0n) is 10.5. The van der Waals surface area contributed by atoms with Gasteiger partial charge in [0.25, 0.3) is 0 Å². The average Bonchev–Trinajstić information content (AvgIpc) is 2.80. The van der Waals surface area contributed by atoms with Crippen molar-refractivity contribution >= 4 is 16.8 Å². The van der Waals surface area contributed by atoms with Crippen LogP contribution >= 0.6 is 0 Å². The maximum atomic E-state index is 12.1. The fraction of sp³-hybridized carbons (Fsp3) is 0.0625. The van der Waals surface area contributed by atoms with Crippen molar-refractivity contribution in [3.05, 3.63) is 59.9 Å². The first-order chi connectivity index (χ1) is 9.63. The lowest BCUT2D eigenvalue weighted by atomic mass is 10.1. The summed E-state index contributed by atoms with van der Waals surface area (Å²) in [6.07, 6.45) is 0.0625. The number of benzene rings is 2. The van der Waals surface area contributed by atoms with Crippen LogP contribution in [0.25, 0.3) is 11.0 Å². The molecule has 4 nitrogen and oxygen atoms in total. The first-order valence-electron chi connectivity index (χ1n) is 6.16. The minimum absolute atomic E-state index is 0.0625. The number of hydrogen-bond acceptors (Lipinski definition) is 4. The van der Waals surface area contributed by atoms with E-state index in [-0.39, 0.29) is 29.3 Å². The van der Waals surface area contributed by atoms with E-state index < -0.39 is 0 Å². The van der Waals surface area contributed by atoms with Crippen molar-refractivity contribution < 1.29 is 19.4 Å². The Morgan fingerprint density at radius 1 is 1.05 bits per heavy atom. The van der Waals surface area contributed by atoms with Crippen molar-refractivity contribution in [1.29, 1.82) is 0 Å². The van der Waals surface area contributed by atoms with Gasteiger partial charge in [0.15, 0.2) is 5.78 Å². The van der Waals surface area contributed by atoms with Gasteiger partial charge in [-0.3, -0.25) is 4.79 Å². The van der Waals surface area contributed by atoms with Crippen LogP contribution in [0.2, 0.25) is 0 Å². The highest BCUT2D eigenvalue weighted by molar-refractivity contribution is 6.00. The molecule has 1 aromatic heterocycles. The molecule has 0 unspecified atom stereocenters. The normalized spacial score (nSPS) is 10.8. The number of furan rings is 1. The van der Waals surface area contributed by atoms with E-state index in [1.165, 1.54) is 12.1 Å². The minimum atomic E-state index is -0.262. The molecule has 0 amide bonds. The van der Waals surface area contributed by atoms with E-state index in [1.807, 2.05) is 30.3 Å². The smallest absolute Gasteiger partial charge is 0.174 e. The van der Waals surface area contributed by atoms with E-state index in [0.717, 1.165) is 17.0 Å². The molecule has 3 aromatic rings. The molecule has 100 valence electrons. The Balaban J connectivity index is 1.88. The van der Waals surface area contributed by atoms with Gasteiger partial charge in [0.05, 0.1) is 12.0 Å². The summed E-state index contributed by atoms with van der Waals surface area (Å²) >= 11 is 0. The predicted octanol–water partition coefficient (Wildman–Crippen LogP) is 3.27. The molecule has 0 radical (unpaired) electrons. The number of carbonyl (C=O) groups is 1. The van der Waals surface area contributed by atoms with Crippen LogP contribution in [0.3, 0.4) is 0 Å². The highest BCUT2D eigenvalue weighted by atomic mass is 16.3. The number of hydrogen-bond donors (Lipinski definition) is 2. The van der Waals surface area contributed by atoms with Crippen molar-refractivity contribution in [2.45, 2.75) is 6.42 Å². The lowest BCUT2D eigenvalue weighted by molar-refractivity contribution is 0.0985. The summed E-state index contributed by atoms with van der Waals surface area (Å²) in [7, 11) is 0. The maximum Gasteiger partial charge on any atom is 0.174 e. The van der Waals surface area contributed by atoms with Crippen molar-refractivity contribution in [2.24, 2.45) is 0 Å². The topological polar surface area (TPSA) is 70.7 Å². The van der Waals surface area contributed by atoms with E-state index in [2.05, 4.69) is 0 Å². The van der Waals surface area contributed by atoms with Gasteiger partial charge < -0.3 is 14.6 Å². The monoisotopic (exact) mass is 268 g/mol. The van der Waals surface area contributed by atoms with Gasteiger partial charge in [-0.1, -0.05) is 18.2 Å². The van der Waals surface area contributed by atoms with Crippen LogP contribution in [-0.2, 0) is 6.42 Å². The number of Topliss-reactive ketones (excluding diaryl/α,β-unsaturated/α-hetero) is 1. The van der Waals surface area contributed by atoms with Crippen molar-refractivity contribution in [3.8, 4) is 11.5 Å². The van der Waals surface area contributed by atoms with Gasteiger partial charge in [0.1, 0.15) is 22.8 Å². The SMILES string of the molecule is O=C(Cc1cc2ccccc2o1)c1ccc(O)cc1O. The molecule has 4 heteroatoms. The van der Waals surface area contributed by atoms with E-state index in [0.29, 0.717) is 5.76 Å². The highest BCUT2D eigenvalue weighted by Gasteiger charge is 2.14. The highest BCUT2D eigenvalue weighted by Crippen LogP contribution is 2.25. The molecule has 0 spiro atoms. The summed E-state index contributed by atoms with van der Waals surface area (Å²) in [5.41, 5.74) is 0.897. The van der Waals surface area contributed by atoms with E-state index in [9.17, 15) is 15.0 Å². The Morgan fingerprint density at radius 2 is 1.85 bits per heavy atom. The van der Waals surface area contributed by atoms with Gasteiger partial charge in [-0.05, 0) is 24.3 Å². The molecule has 0 saturated carbocycles. The summed E-state index contributed by atoms with van der Waals surface area (Å²) in [6, 6.07) is 13.2. The molecule has 0 fully saturated rings. The minimum Gasteiger partial charge on any atom is -0.508 e. The second kappa shape index (κ2) is 4.74. The van der Waals surface area contributed by atoms with Crippen LogP contribution in [0.1, 0.15) is 16.1 Å². The van der Waals surface area contributed by atoms with E-state index in [1.54, 1.807) is 0 Å². The lowest BCUT2D eigenvalue weighted by Gasteiger charge is -2.02. The summed E-state index contributed by atoms with van der Waals surface area (Å²) in [6.45, 7) is 0. The van der Waals surface area contributed by atoms with Crippen molar-refractivity contribution in [1.82, 2.24) is 0 Å². The van der Waals surface area contributed by atoms with Crippen LogP contribution in [0.4, 0.5) is 0 Å². The van der Waals surface area contributed by atoms with Crippen LogP contribution in [0, 0.1) is 0 Å². The fourth-order valence-corrected chi connectivity index (χ4v) is 2.13. The molecule has 2 aromatic carbocycles. The molecule has 2 N–H and O–H groups in total. The molecule has 1 heterocycles. The largest absolute Gasteiger partial charge is 0.508 e. The number of phenolic OH excluding ortho intramolecular Hbond substituents is 2. The summed E-state index contributed by atoms with van der Waals surface area (Å²) in [5, 5.41) is 19.8. The zero-order valence-corrected chi connectivity index (χ0v) is 10.5. The number of fused-ring (bicyclic) bond motifs is 1. The first-order valence-corrected chi connectivity index (χ1v) is 6.16. The quantitative estimate of drug-likeness (QED) is 0.715. The number of carbonyl (C=O) groups excluding carboxylic acids is 1. The van der Waals surface area contributed by atoms with Crippen molar-refractivity contribution in [3.63, 3.8) is 0 Å². The van der Waals surface area contributed by atoms with E-state index >= 15 is 0 Å². The average molecular weight is 268 g/mol. The molecule has 0 atom stereocenters. The van der Waals surface area contributed by atoms with Gasteiger partial charge in [-0.15, -0.1) is 0 Å². The first kappa shape index (κ1) is 12.3. The molecule has 20 heavy (non-hydrogen) atoms. The van der Waals surface area contributed by atoms with Crippen LogP contribution in [-0.4, -0.2) is 16.0 Å². The summed E-state index contributed by atoms with van der Waals surface area (Å²) in [5.74, 6) is -0.0286. The molecule has 0 aliphatic heterocycles. The second-order valence-corrected chi connectivity index (χ2v) is 4.55. The molecule has 0 aliphatic carbocycles. The molecule has 0 saturated heterocycles. The third kappa shape index (κ3) is 2.23. The van der Waals surface area contributed by atoms with Crippen molar-refractivity contribution in [2.75, 3.05) is 0 Å². The maximum absolute atomic E-state index is 12.1. The number of rotatable bonds is 3. The standard InChI is InChI=1S/C16H12O4/c17-11-5-6-13(14(18)8-11)15(19)9-12-7-10-3-1-2-4-16(10)20-12/h1-8,17-18H,9H2. The molecule has 0 bridgehead atoms. The summed E-state index contributed by atoms with van der Waals surface area (Å²) < 4.78 is 5.57. The van der Waals surface area contributed by atoms with Crippen LogP contribution in [0.15, 0.2) is 52.9 Å². The Hall–Kier alpha value is -2.75. The zero-order chi connectivity index (χ0) is 14.1. The number of ketones is 1. The predicted molar refractivity (Wildman–Crippen MR) is 74.0 cm³/mol.